The fourth-order valence-corrected chi connectivity index (χ4v) is 1.52. The van der Waals surface area contributed by atoms with Gasteiger partial charge in [-0.25, -0.2) is 5.01 Å². The van der Waals surface area contributed by atoms with Gasteiger partial charge in [0.2, 0.25) is 0 Å². The van der Waals surface area contributed by atoms with Crippen LogP contribution in [0.15, 0.2) is 0 Å². The number of piperidine rings is 1. The third-order valence-electron chi connectivity index (χ3n) is 2.30. The van der Waals surface area contributed by atoms with Crippen LogP contribution >= 0.6 is 0 Å². The number of hydrogen-bond donors (Lipinski definition) is 1. The Morgan fingerprint density at radius 1 is 1.45 bits per heavy atom. The number of hydrazine groups is 1. The third-order valence-corrected chi connectivity index (χ3v) is 2.30. The van der Waals surface area contributed by atoms with E-state index in [1.165, 1.54) is 25.9 Å². The zero-order chi connectivity index (χ0) is 8.27. The number of hydrogen-bond acceptors (Lipinski definition) is 3. The summed E-state index contributed by atoms with van der Waals surface area (Å²) in [7, 11) is 1.91. The van der Waals surface area contributed by atoms with Crippen molar-refractivity contribution in [3.05, 3.63) is 0 Å². The van der Waals surface area contributed by atoms with E-state index in [4.69, 9.17) is 5.84 Å². The van der Waals surface area contributed by atoms with E-state index in [9.17, 15) is 0 Å². The van der Waals surface area contributed by atoms with Crippen LogP contribution < -0.4 is 5.84 Å². The molecule has 0 spiro atoms. The summed E-state index contributed by atoms with van der Waals surface area (Å²) in [6.45, 7) is 5.65. The van der Waals surface area contributed by atoms with Gasteiger partial charge in [0.15, 0.2) is 0 Å². The Labute approximate surface area is 69.1 Å². The Balaban J connectivity index is 2.17. The van der Waals surface area contributed by atoms with Gasteiger partial charge in [-0.2, -0.15) is 0 Å². The van der Waals surface area contributed by atoms with Crippen molar-refractivity contribution in [1.29, 1.82) is 0 Å². The average Bonchev–Trinajstić information content (AvgIpc) is 1.93. The molecule has 0 aromatic heterocycles. The monoisotopic (exact) mass is 157 g/mol. The lowest BCUT2D eigenvalue weighted by atomic mass is 10.00. The number of nitrogens with zero attached hydrogens (tertiary/aromatic N) is 2. The minimum absolute atomic E-state index is 0.909. The van der Waals surface area contributed by atoms with Crippen molar-refractivity contribution in [2.24, 2.45) is 11.8 Å². The van der Waals surface area contributed by atoms with Crippen molar-refractivity contribution in [3.8, 4) is 0 Å². The molecule has 0 atom stereocenters. The van der Waals surface area contributed by atoms with Gasteiger partial charge in [0.1, 0.15) is 0 Å². The molecule has 0 radical (unpaired) electrons. The van der Waals surface area contributed by atoms with Crippen LogP contribution in [0.25, 0.3) is 0 Å². The van der Waals surface area contributed by atoms with Gasteiger partial charge < -0.3 is 0 Å². The lowest BCUT2D eigenvalue weighted by Gasteiger charge is -2.31. The van der Waals surface area contributed by atoms with Crippen LogP contribution in [0.3, 0.4) is 0 Å². The average molecular weight is 157 g/mol. The van der Waals surface area contributed by atoms with E-state index in [2.05, 4.69) is 11.8 Å². The minimum Gasteiger partial charge on any atom is -0.289 e. The second-order valence-electron chi connectivity index (χ2n) is 3.70. The second kappa shape index (κ2) is 4.04. The molecule has 0 saturated carbocycles. The second-order valence-corrected chi connectivity index (χ2v) is 3.70. The van der Waals surface area contributed by atoms with E-state index < -0.39 is 0 Å². The zero-order valence-electron chi connectivity index (χ0n) is 7.58. The van der Waals surface area contributed by atoms with Gasteiger partial charge in [-0.1, -0.05) is 6.92 Å². The van der Waals surface area contributed by atoms with E-state index in [0.29, 0.717) is 0 Å². The minimum atomic E-state index is 0.909. The molecule has 3 nitrogen and oxygen atoms in total. The summed E-state index contributed by atoms with van der Waals surface area (Å²) in [5, 5.41) is 1.75. The summed E-state index contributed by atoms with van der Waals surface area (Å²) in [6, 6.07) is 0. The summed E-state index contributed by atoms with van der Waals surface area (Å²) in [6.07, 6.45) is 2.65. The molecule has 11 heavy (non-hydrogen) atoms. The molecule has 1 heterocycles. The summed E-state index contributed by atoms with van der Waals surface area (Å²) in [5.41, 5.74) is 0. The fourth-order valence-electron chi connectivity index (χ4n) is 1.52. The molecule has 1 rings (SSSR count). The first kappa shape index (κ1) is 8.97. The van der Waals surface area contributed by atoms with Gasteiger partial charge in [-0.15, -0.1) is 0 Å². The summed E-state index contributed by atoms with van der Waals surface area (Å²) >= 11 is 0. The molecule has 0 unspecified atom stereocenters. The smallest absolute Gasteiger partial charge is 0.0640 e. The number of nitrogens with two attached hydrogens (primary N) is 1. The number of rotatable bonds is 2. The van der Waals surface area contributed by atoms with E-state index in [1.807, 2.05) is 7.05 Å². The van der Waals surface area contributed by atoms with E-state index >= 15 is 0 Å². The Morgan fingerprint density at radius 2 is 2.00 bits per heavy atom. The third kappa shape index (κ3) is 3.18. The molecule has 0 aliphatic carbocycles. The molecule has 1 aliphatic heterocycles. The summed E-state index contributed by atoms with van der Waals surface area (Å²) in [4.78, 5) is 2.40. The van der Waals surface area contributed by atoms with Gasteiger partial charge in [-0.05, 0) is 31.8 Å². The van der Waals surface area contributed by atoms with Crippen LogP contribution in [0.4, 0.5) is 0 Å². The van der Waals surface area contributed by atoms with Crippen molar-refractivity contribution in [2.45, 2.75) is 19.8 Å². The van der Waals surface area contributed by atoms with Crippen molar-refractivity contribution in [3.63, 3.8) is 0 Å². The van der Waals surface area contributed by atoms with Gasteiger partial charge in [0.25, 0.3) is 0 Å². The first-order chi connectivity index (χ1) is 5.18. The predicted octanol–water partition coefficient (Wildman–Crippen LogP) is 0.481. The molecule has 3 heteroatoms. The zero-order valence-corrected chi connectivity index (χ0v) is 7.58. The highest BCUT2D eigenvalue weighted by molar-refractivity contribution is 4.67. The molecule has 1 fully saturated rings. The Bertz CT molecular complexity index is 106. The maximum atomic E-state index is 5.55. The highest BCUT2D eigenvalue weighted by Gasteiger charge is 2.15. The molecule has 0 aromatic carbocycles. The fraction of sp³-hybridized carbons (Fsp3) is 1.00. The molecular formula is C8H19N3. The SMILES string of the molecule is CC1CCN(CN(C)N)CC1. The van der Waals surface area contributed by atoms with Crippen LogP contribution in [-0.2, 0) is 0 Å². The standard InChI is InChI=1S/C8H19N3/c1-8-3-5-11(6-4-8)7-10(2)9/h8H,3-7,9H2,1-2H3. The topological polar surface area (TPSA) is 32.5 Å². The van der Waals surface area contributed by atoms with Crippen LogP contribution in [0.5, 0.6) is 0 Å². The first-order valence-electron chi connectivity index (χ1n) is 4.36. The molecular weight excluding hydrogens is 138 g/mol. The highest BCUT2D eigenvalue weighted by atomic mass is 15.5. The molecule has 2 N–H and O–H groups in total. The normalized spacial score (nSPS) is 22.9. The van der Waals surface area contributed by atoms with E-state index in [1.54, 1.807) is 5.01 Å². The van der Waals surface area contributed by atoms with Gasteiger partial charge >= 0.3 is 0 Å². The quantitative estimate of drug-likeness (QED) is 0.467. The molecule has 1 saturated heterocycles. The van der Waals surface area contributed by atoms with Crippen molar-refractivity contribution in [2.75, 3.05) is 26.8 Å². The van der Waals surface area contributed by atoms with Crippen molar-refractivity contribution in [1.82, 2.24) is 9.91 Å². The van der Waals surface area contributed by atoms with Gasteiger partial charge in [-0.3, -0.25) is 10.7 Å². The van der Waals surface area contributed by atoms with Crippen molar-refractivity contribution < 1.29 is 0 Å². The molecule has 1 aliphatic rings. The lowest BCUT2D eigenvalue weighted by Crippen LogP contribution is -2.43. The Morgan fingerprint density at radius 3 is 2.45 bits per heavy atom. The molecule has 0 bridgehead atoms. The Kier molecular flexibility index (Phi) is 3.30. The molecule has 0 aromatic rings. The van der Waals surface area contributed by atoms with Crippen LogP contribution in [0.2, 0.25) is 0 Å². The largest absolute Gasteiger partial charge is 0.289 e. The maximum absolute atomic E-state index is 5.55. The van der Waals surface area contributed by atoms with Crippen LogP contribution in [0, 0.1) is 5.92 Å². The van der Waals surface area contributed by atoms with Crippen LogP contribution in [-0.4, -0.2) is 36.7 Å². The molecule has 66 valence electrons. The predicted molar refractivity (Wildman–Crippen MR) is 46.8 cm³/mol. The first-order valence-corrected chi connectivity index (χ1v) is 4.36. The van der Waals surface area contributed by atoms with Crippen molar-refractivity contribution >= 4 is 0 Å². The van der Waals surface area contributed by atoms with Crippen LogP contribution in [0.1, 0.15) is 19.8 Å². The highest BCUT2D eigenvalue weighted by Crippen LogP contribution is 2.15. The summed E-state index contributed by atoms with van der Waals surface area (Å²) < 4.78 is 0. The van der Waals surface area contributed by atoms with Gasteiger partial charge in [0, 0.05) is 7.05 Å². The van der Waals surface area contributed by atoms with Gasteiger partial charge in [0.05, 0.1) is 6.67 Å². The molecule has 0 amide bonds. The Hall–Kier alpha value is -0.120. The lowest BCUT2D eigenvalue weighted by molar-refractivity contribution is 0.116. The summed E-state index contributed by atoms with van der Waals surface area (Å²) in [5.74, 6) is 6.46. The number of likely N-dealkylation sites (tertiary alicyclic amines) is 1. The van der Waals surface area contributed by atoms with E-state index in [0.717, 1.165) is 12.6 Å². The van der Waals surface area contributed by atoms with E-state index in [-0.39, 0.29) is 0 Å². The maximum Gasteiger partial charge on any atom is 0.0640 e.